The van der Waals surface area contributed by atoms with Gasteiger partial charge in [-0.1, -0.05) is 36.0 Å². The van der Waals surface area contributed by atoms with Crippen LogP contribution in [0.5, 0.6) is 0 Å². The first-order chi connectivity index (χ1) is 14.2. The van der Waals surface area contributed by atoms with Crippen molar-refractivity contribution in [3.63, 3.8) is 0 Å². The van der Waals surface area contributed by atoms with Gasteiger partial charge in [-0.2, -0.15) is 0 Å². The molecule has 0 bridgehead atoms. The van der Waals surface area contributed by atoms with E-state index < -0.39 is 0 Å². The Balaban J connectivity index is 1.26. The number of carbonyl (C=O) groups is 2. The number of hydrogen-bond acceptors (Lipinski definition) is 6. The molecule has 0 aliphatic carbocycles. The summed E-state index contributed by atoms with van der Waals surface area (Å²) >= 11 is 1.30. The maximum atomic E-state index is 12.4. The lowest BCUT2D eigenvalue weighted by Crippen LogP contribution is -2.27. The Morgan fingerprint density at radius 1 is 1.00 bits per heavy atom. The van der Waals surface area contributed by atoms with Crippen LogP contribution in [0, 0.1) is 0 Å². The minimum absolute atomic E-state index is 0.0685. The van der Waals surface area contributed by atoms with Crippen LogP contribution in [0.3, 0.4) is 0 Å². The van der Waals surface area contributed by atoms with Crippen molar-refractivity contribution in [2.45, 2.75) is 24.5 Å². The number of para-hydroxylation sites is 2. The highest BCUT2D eigenvalue weighted by Crippen LogP contribution is 2.18. The SMILES string of the molecule is O=C(CSc1cnc2ccccc2n1)OCc1ccc(C(=O)N2CCCC2)cc1. The number of hydrogen-bond donors (Lipinski definition) is 0. The molecule has 0 unspecified atom stereocenters. The fraction of sp³-hybridized carbons (Fsp3) is 0.273. The molecule has 3 aromatic rings. The van der Waals surface area contributed by atoms with Gasteiger partial charge in [0.25, 0.3) is 5.91 Å². The van der Waals surface area contributed by atoms with Crippen molar-refractivity contribution in [1.29, 1.82) is 0 Å². The molecular weight excluding hydrogens is 386 g/mol. The predicted octanol–water partition coefficient (Wildman–Crippen LogP) is 3.70. The van der Waals surface area contributed by atoms with Gasteiger partial charge in [-0.3, -0.25) is 14.6 Å². The van der Waals surface area contributed by atoms with E-state index in [0.717, 1.165) is 42.5 Å². The highest BCUT2D eigenvalue weighted by atomic mass is 32.2. The van der Waals surface area contributed by atoms with E-state index in [9.17, 15) is 9.59 Å². The summed E-state index contributed by atoms with van der Waals surface area (Å²) in [5.41, 5.74) is 3.15. The Morgan fingerprint density at radius 3 is 2.48 bits per heavy atom. The van der Waals surface area contributed by atoms with Gasteiger partial charge in [0.05, 0.1) is 23.0 Å². The number of fused-ring (bicyclic) bond motifs is 1. The zero-order valence-corrected chi connectivity index (χ0v) is 16.7. The Labute approximate surface area is 173 Å². The molecule has 0 saturated carbocycles. The smallest absolute Gasteiger partial charge is 0.316 e. The monoisotopic (exact) mass is 407 g/mol. The van der Waals surface area contributed by atoms with Crippen molar-refractivity contribution in [1.82, 2.24) is 14.9 Å². The molecule has 1 amide bonds. The molecule has 1 saturated heterocycles. The summed E-state index contributed by atoms with van der Waals surface area (Å²) < 4.78 is 5.33. The van der Waals surface area contributed by atoms with Crippen LogP contribution < -0.4 is 0 Å². The summed E-state index contributed by atoms with van der Waals surface area (Å²) in [6.07, 6.45) is 3.81. The van der Waals surface area contributed by atoms with E-state index in [-0.39, 0.29) is 24.2 Å². The first kappa shape index (κ1) is 19.4. The summed E-state index contributed by atoms with van der Waals surface area (Å²) in [4.78, 5) is 35.1. The summed E-state index contributed by atoms with van der Waals surface area (Å²) in [5.74, 6) is -0.0837. The van der Waals surface area contributed by atoms with Crippen molar-refractivity contribution in [3.05, 3.63) is 65.9 Å². The van der Waals surface area contributed by atoms with Crippen molar-refractivity contribution < 1.29 is 14.3 Å². The summed E-state index contributed by atoms with van der Waals surface area (Å²) in [7, 11) is 0. The second kappa shape index (κ2) is 9.05. The van der Waals surface area contributed by atoms with Crippen LogP contribution in [0.25, 0.3) is 11.0 Å². The second-order valence-corrected chi connectivity index (χ2v) is 7.84. The lowest BCUT2D eigenvalue weighted by molar-refractivity contribution is -0.141. The standard InChI is InChI=1S/C22H21N3O3S/c26-21(15-29-20-13-23-18-5-1-2-6-19(18)24-20)28-14-16-7-9-17(10-8-16)22(27)25-11-3-4-12-25/h1-2,5-10,13H,3-4,11-12,14-15H2. The Bertz CT molecular complexity index is 1020. The van der Waals surface area contributed by atoms with Gasteiger partial charge in [0.2, 0.25) is 0 Å². The van der Waals surface area contributed by atoms with Crippen LogP contribution in [-0.2, 0) is 16.1 Å². The first-order valence-electron chi connectivity index (χ1n) is 9.57. The molecule has 1 fully saturated rings. The Hall–Kier alpha value is -2.93. The summed E-state index contributed by atoms with van der Waals surface area (Å²) in [6, 6.07) is 14.9. The molecule has 1 aromatic heterocycles. The molecule has 0 spiro atoms. The highest BCUT2D eigenvalue weighted by molar-refractivity contribution is 7.99. The molecule has 0 atom stereocenters. The van der Waals surface area contributed by atoms with Gasteiger partial charge in [-0.15, -0.1) is 0 Å². The third kappa shape index (κ3) is 4.92. The number of rotatable bonds is 6. The highest BCUT2D eigenvalue weighted by Gasteiger charge is 2.19. The molecule has 2 aromatic carbocycles. The molecular formula is C22H21N3O3S. The number of nitrogens with zero attached hydrogens (tertiary/aromatic N) is 3. The molecule has 148 valence electrons. The maximum Gasteiger partial charge on any atom is 0.316 e. The Kier molecular flexibility index (Phi) is 6.05. The molecule has 0 radical (unpaired) electrons. The number of likely N-dealkylation sites (tertiary alicyclic amines) is 1. The van der Waals surface area contributed by atoms with Crippen molar-refractivity contribution in [3.8, 4) is 0 Å². The summed E-state index contributed by atoms with van der Waals surface area (Å²) in [5, 5.41) is 0.686. The normalized spacial score (nSPS) is 13.6. The second-order valence-electron chi connectivity index (χ2n) is 6.84. The van der Waals surface area contributed by atoms with Crippen LogP contribution in [-0.4, -0.2) is 45.6 Å². The molecule has 4 rings (SSSR count). The van der Waals surface area contributed by atoms with Gasteiger partial charge in [0.1, 0.15) is 11.6 Å². The van der Waals surface area contributed by atoms with Gasteiger partial charge in [-0.25, -0.2) is 4.98 Å². The lowest BCUT2D eigenvalue weighted by Gasteiger charge is -2.15. The van der Waals surface area contributed by atoms with Crippen LogP contribution >= 0.6 is 11.8 Å². The van der Waals surface area contributed by atoms with E-state index in [1.54, 1.807) is 18.3 Å². The predicted molar refractivity (Wildman–Crippen MR) is 112 cm³/mol. The average molecular weight is 407 g/mol. The van der Waals surface area contributed by atoms with E-state index in [0.29, 0.717) is 10.6 Å². The minimum atomic E-state index is -0.317. The number of aromatic nitrogens is 2. The van der Waals surface area contributed by atoms with Gasteiger partial charge < -0.3 is 9.64 Å². The summed E-state index contributed by atoms with van der Waals surface area (Å²) in [6.45, 7) is 1.84. The third-order valence-electron chi connectivity index (χ3n) is 4.76. The van der Waals surface area contributed by atoms with E-state index >= 15 is 0 Å². The van der Waals surface area contributed by atoms with Crippen molar-refractivity contribution >= 4 is 34.7 Å². The third-order valence-corrected chi connectivity index (χ3v) is 5.63. The topological polar surface area (TPSA) is 72.4 Å². The average Bonchev–Trinajstić information content (AvgIpc) is 3.31. The first-order valence-corrected chi connectivity index (χ1v) is 10.6. The fourth-order valence-corrected chi connectivity index (χ4v) is 3.83. The quantitative estimate of drug-likeness (QED) is 0.458. The van der Waals surface area contributed by atoms with E-state index in [4.69, 9.17) is 4.74 Å². The van der Waals surface area contributed by atoms with Crippen molar-refractivity contribution in [2.24, 2.45) is 0 Å². The van der Waals surface area contributed by atoms with Gasteiger partial charge in [0.15, 0.2) is 0 Å². The Morgan fingerprint density at radius 2 is 1.72 bits per heavy atom. The lowest BCUT2D eigenvalue weighted by atomic mass is 10.1. The number of thioether (sulfide) groups is 1. The molecule has 1 aliphatic rings. The number of carbonyl (C=O) groups excluding carboxylic acids is 2. The largest absolute Gasteiger partial charge is 0.460 e. The molecule has 2 heterocycles. The number of benzene rings is 2. The van der Waals surface area contributed by atoms with Crippen LogP contribution in [0.2, 0.25) is 0 Å². The van der Waals surface area contributed by atoms with Crippen LogP contribution in [0.1, 0.15) is 28.8 Å². The minimum Gasteiger partial charge on any atom is -0.460 e. The maximum absolute atomic E-state index is 12.4. The van der Waals surface area contributed by atoms with Gasteiger partial charge in [-0.05, 0) is 42.7 Å². The molecule has 1 aliphatic heterocycles. The molecule has 6 nitrogen and oxygen atoms in total. The van der Waals surface area contributed by atoms with Gasteiger partial charge >= 0.3 is 5.97 Å². The van der Waals surface area contributed by atoms with Crippen molar-refractivity contribution in [2.75, 3.05) is 18.8 Å². The van der Waals surface area contributed by atoms with Crippen LogP contribution in [0.15, 0.2) is 59.8 Å². The zero-order valence-electron chi connectivity index (χ0n) is 15.9. The van der Waals surface area contributed by atoms with E-state index in [1.807, 2.05) is 41.3 Å². The number of ether oxygens (including phenoxy) is 1. The van der Waals surface area contributed by atoms with E-state index in [2.05, 4.69) is 9.97 Å². The number of esters is 1. The number of amides is 1. The molecule has 7 heteroatoms. The fourth-order valence-electron chi connectivity index (χ4n) is 3.19. The van der Waals surface area contributed by atoms with Crippen LogP contribution in [0.4, 0.5) is 0 Å². The van der Waals surface area contributed by atoms with E-state index in [1.165, 1.54) is 11.8 Å². The van der Waals surface area contributed by atoms with Gasteiger partial charge in [0, 0.05) is 18.7 Å². The zero-order chi connectivity index (χ0) is 20.1. The molecule has 0 N–H and O–H groups in total. The molecule has 29 heavy (non-hydrogen) atoms.